The van der Waals surface area contributed by atoms with Gasteiger partial charge in [-0.25, -0.2) is 16.0 Å². The van der Waals surface area contributed by atoms with Gasteiger partial charge in [0.05, 0.1) is 6.61 Å². The zero-order valence-electron chi connectivity index (χ0n) is 22.9. The normalized spacial score (nSPS) is 24.8. The van der Waals surface area contributed by atoms with Crippen molar-refractivity contribution in [3.8, 4) is 0 Å². The molecule has 2 saturated heterocycles. The van der Waals surface area contributed by atoms with E-state index in [1.54, 1.807) is 36.5 Å². The first kappa shape index (κ1) is 29.3. The minimum Gasteiger partial charge on any atom is -0.368 e. The van der Waals surface area contributed by atoms with Crippen LogP contribution in [0.15, 0.2) is 47.4 Å². The van der Waals surface area contributed by atoms with E-state index in [2.05, 4.69) is 47.5 Å². The second-order valence-corrected chi connectivity index (χ2v) is 11.5. The molecule has 4 rings (SSSR count). The van der Waals surface area contributed by atoms with Crippen molar-refractivity contribution in [3.63, 3.8) is 0 Å². The number of amides is 1. The first-order valence-electron chi connectivity index (χ1n) is 13.2. The van der Waals surface area contributed by atoms with E-state index in [1.807, 2.05) is 13.0 Å². The van der Waals surface area contributed by atoms with Crippen LogP contribution in [0, 0.1) is 6.57 Å². The number of rotatable bonds is 12. The van der Waals surface area contributed by atoms with Crippen LogP contribution in [-0.2, 0) is 18.5 Å². The highest BCUT2D eigenvalue weighted by atomic mass is 31.2. The quantitative estimate of drug-likeness (QED) is 0.235. The van der Waals surface area contributed by atoms with E-state index < -0.39 is 38.3 Å². The number of fused-ring (bicyclic) bond motifs is 2. The van der Waals surface area contributed by atoms with Gasteiger partial charge in [-0.15, -0.1) is 0 Å². The SMILES string of the molecule is [C-]#[N+]CCOP(O[C@H]1[C@H]2OC[C@]1(CC)O[C@H]2n1ccc(NC(=O)c2ccccc2)nc1=O)N(C(C)C)C(C)C. The lowest BCUT2D eigenvalue weighted by Gasteiger charge is -2.38. The summed E-state index contributed by atoms with van der Waals surface area (Å²) in [5.74, 6) is -0.210. The van der Waals surface area contributed by atoms with Crippen LogP contribution in [0.1, 0.15) is 57.6 Å². The van der Waals surface area contributed by atoms with Gasteiger partial charge in [-0.2, -0.15) is 4.98 Å². The Morgan fingerprint density at radius 2 is 2.00 bits per heavy atom. The molecule has 39 heavy (non-hydrogen) atoms. The van der Waals surface area contributed by atoms with Gasteiger partial charge in [0, 0.05) is 23.8 Å². The standard InChI is InChI=1S/C27H36N5O6P/c1-7-27-17-35-22(23(27)38-39(36-16-14-28-6)32(18(2)3)19(4)5)25(37-27)31-15-13-21(30-26(31)34)29-24(33)20-11-9-8-10-12-20/h8-13,15,18-19,22-23,25H,7,14,16-17H2,1-5H3,(H,29,30,33,34)/t22-,23+,25-,27+,39?/m1/s1. The minimum atomic E-state index is -1.53. The molecule has 1 N–H and O–H groups in total. The van der Waals surface area contributed by atoms with Crippen LogP contribution in [0.5, 0.6) is 0 Å². The van der Waals surface area contributed by atoms with Crippen molar-refractivity contribution >= 4 is 20.3 Å². The van der Waals surface area contributed by atoms with Crippen molar-refractivity contribution in [2.75, 3.05) is 25.1 Å². The van der Waals surface area contributed by atoms with Crippen molar-refractivity contribution in [3.05, 3.63) is 70.1 Å². The number of hydrogen-bond donors (Lipinski definition) is 1. The largest absolute Gasteiger partial charge is 0.368 e. The van der Waals surface area contributed by atoms with Gasteiger partial charge in [-0.1, -0.05) is 25.1 Å². The van der Waals surface area contributed by atoms with E-state index in [1.165, 1.54) is 4.57 Å². The second-order valence-electron chi connectivity index (χ2n) is 10.1. The van der Waals surface area contributed by atoms with E-state index in [0.29, 0.717) is 18.6 Å². The number of benzene rings is 1. The van der Waals surface area contributed by atoms with Gasteiger partial charge in [-0.05, 0) is 52.3 Å². The predicted molar refractivity (Wildman–Crippen MR) is 147 cm³/mol. The zero-order chi connectivity index (χ0) is 28.2. The number of aromatic nitrogens is 2. The fraction of sp³-hybridized carbons (Fsp3) is 0.556. The van der Waals surface area contributed by atoms with E-state index in [9.17, 15) is 9.59 Å². The maximum absolute atomic E-state index is 13.1. The summed E-state index contributed by atoms with van der Waals surface area (Å²) in [5.41, 5.74) is -0.878. The van der Waals surface area contributed by atoms with Gasteiger partial charge >= 0.3 is 5.69 Å². The summed E-state index contributed by atoms with van der Waals surface area (Å²) in [7, 11) is -1.53. The minimum absolute atomic E-state index is 0.142. The molecule has 2 aliphatic heterocycles. The average Bonchev–Trinajstić information content (AvgIpc) is 3.41. The first-order chi connectivity index (χ1) is 18.7. The van der Waals surface area contributed by atoms with E-state index in [-0.39, 0.29) is 37.0 Å². The monoisotopic (exact) mass is 557 g/mol. The molecular formula is C27H36N5O6P. The van der Waals surface area contributed by atoms with Crippen LogP contribution in [0.3, 0.4) is 0 Å². The zero-order valence-corrected chi connectivity index (χ0v) is 23.8. The van der Waals surface area contributed by atoms with Crippen LogP contribution >= 0.6 is 8.53 Å². The third kappa shape index (κ3) is 6.22. The number of hydrogen-bond acceptors (Lipinski definition) is 8. The second kappa shape index (κ2) is 12.6. The molecule has 2 aromatic rings. The summed E-state index contributed by atoms with van der Waals surface area (Å²) in [6.45, 7) is 18.3. The van der Waals surface area contributed by atoms with Crippen LogP contribution in [-0.4, -0.2) is 69.8 Å². The van der Waals surface area contributed by atoms with Crippen LogP contribution in [0.4, 0.5) is 5.82 Å². The molecule has 1 amide bonds. The van der Waals surface area contributed by atoms with Gasteiger partial charge in [-0.3, -0.25) is 9.36 Å². The summed E-state index contributed by atoms with van der Waals surface area (Å²) in [5, 5.41) is 2.66. The van der Waals surface area contributed by atoms with Crippen LogP contribution in [0.25, 0.3) is 4.85 Å². The lowest BCUT2D eigenvalue weighted by molar-refractivity contribution is -0.175. The lowest BCUT2D eigenvalue weighted by atomic mass is 9.96. The molecule has 210 valence electrons. The molecular weight excluding hydrogens is 521 g/mol. The molecule has 11 nitrogen and oxygen atoms in total. The Balaban J connectivity index is 1.55. The highest BCUT2D eigenvalue weighted by Crippen LogP contribution is 2.55. The van der Waals surface area contributed by atoms with Crippen molar-refractivity contribution < 1.29 is 23.3 Å². The van der Waals surface area contributed by atoms with Crippen molar-refractivity contribution in [2.24, 2.45) is 0 Å². The Morgan fingerprint density at radius 1 is 1.28 bits per heavy atom. The summed E-state index contributed by atoms with van der Waals surface area (Å²) in [6.07, 6.45) is 0.344. The predicted octanol–water partition coefficient (Wildman–Crippen LogP) is 4.24. The molecule has 0 radical (unpaired) electrons. The highest BCUT2D eigenvalue weighted by molar-refractivity contribution is 7.44. The third-order valence-electron chi connectivity index (χ3n) is 6.81. The Bertz CT molecular complexity index is 1230. The molecule has 0 spiro atoms. The van der Waals surface area contributed by atoms with Gasteiger partial charge < -0.3 is 28.7 Å². The maximum Gasteiger partial charge on any atom is 0.351 e. The fourth-order valence-electron chi connectivity index (χ4n) is 4.94. The molecule has 5 atom stereocenters. The van der Waals surface area contributed by atoms with E-state index in [4.69, 9.17) is 25.1 Å². The number of nitrogens with one attached hydrogen (secondary N) is 1. The molecule has 2 fully saturated rings. The number of carbonyl (C=O) groups excluding carboxylic acids is 1. The van der Waals surface area contributed by atoms with Crippen molar-refractivity contribution in [1.29, 1.82) is 0 Å². The van der Waals surface area contributed by atoms with E-state index >= 15 is 0 Å². The molecule has 2 aliphatic rings. The average molecular weight is 558 g/mol. The molecule has 0 aliphatic carbocycles. The van der Waals surface area contributed by atoms with Gasteiger partial charge in [0.25, 0.3) is 14.4 Å². The number of nitrogens with zero attached hydrogens (tertiary/aromatic N) is 4. The molecule has 12 heteroatoms. The molecule has 1 unspecified atom stereocenters. The molecule has 2 bridgehead atoms. The molecule has 1 aromatic heterocycles. The number of anilines is 1. The molecule has 1 aromatic carbocycles. The third-order valence-corrected chi connectivity index (χ3v) is 8.92. The summed E-state index contributed by atoms with van der Waals surface area (Å²) < 4.78 is 28.9. The first-order valence-corrected chi connectivity index (χ1v) is 14.3. The fourth-order valence-corrected chi connectivity index (χ4v) is 6.75. The van der Waals surface area contributed by atoms with Crippen LogP contribution < -0.4 is 11.0 Å². The van der Waals surface area contributed by atoms with Gasteiger partial charge in [0.2, 0.25) is 6.54 Å². The topological polar surface area (TPSA) is 109 Å². The van der Waals surface area contributed by atoms with Gasteiger partial charge in [0.15, 0.2) is 6.23 Å². The molecule has 0 saturated carbocycles. The summed E-state index contributed by atoms with van der Waals surface area (Å²) in [6, 6.07) is 10.6. The Morgan fingerprint density at radius 3 is 2.62 bits per heavy atom. The lowest BCUT2D eigenvalue weighted by Crippen LogP contribution is -2.42. The molecule has 3 heterocycles. The Hall–Kier alpha value is -2.71. The summed E-state index contributed by atoms with van der Waals surface area (Å²) in [4.78, 5) is 33.0. The maximum atomic E-state index is 13.1. The van der Waals surface area contributed by atoms with Gasteiger partial charge in [0.1, 0.15) is 30.2 Å². The van der Waals surface area contributed by atoms with E-state index in [0.717, 1.165) is 0 Å². The Kier molecular flexibility index (Phi) is 9.49. The van der Waals surface area contributed by atoms with Crippen LogP contribution in [0.2, 0.25) is 0 Å². The summed E-state index contributed by atoms with van der Waals surface area (Å²) >= 11 is 0. The van der Waals surface area contributed by atoms with Crippen molar-refractivity contribution in [1.82, 2.24) is 14.2 Å². The number of carbonyl (C=O) groups is 1. The number of ether oxygens (including phenoxy) is 2. The Labute approximate surface area is 230 Å². The van der Waals surface area contributed by atoms with Crippen molar-refractivity contribution in [2.45, 2.75) is 77.2 Å². The highest BCUT2D eigenvalue weighted by Gasteiger charge is 2.63. The smallest absolute Gasteiger partial charge is 0.351 e.